The number of imidazole rings is 4. The molecule has 8 heterocycles. The van der Waals surface area contributed by atoms with E-state index in [0.29, 0.717) is 61.9 Å². The van der Waals surface area contributed by atoms with Gasteiger partial charge in [-0.05, 0) is 183 Å². The molecular formula is C97H131ClN13O23+. The van der Waals surface area contributed by atoms with Crippen molar-refractivity contribution >= 4 is 122 Å². The summed E-state index contributed by atoms with van der Waals surface area (Å²) in [6.07, 6.45) is 8.17. The second kappa shape index (κ2) is 45.0. The van der Waals surface area contributed by atoms with Crippen LogP contribution in [-0.2, 0) is 76.8 Å². The molecule has 2 saturated carbocycles. The average Bonchev–Trinajstić information content (AvgIpc) is 1.57. The number of β-amino-alcohol motifs (C(OH)–C–C–N with tert-alkyl or cyclic N) is 1. The molecule has 7 N–H and O–H groups in total. The maximum absolute atomic E-state index is 13.7. The monoisotopic (exact) mass is 1880 g/mol. The van der Waals surface area contributed by atoms with E-state index < -0.39 is 119 Å². The molecule has 134 heavy (non-hydrogen) atoms. The molecule has 14 rings (SSSR count). The van der Waals surface area contributed by atoms with Crippen molar-refractivity contribution in [3.8, 4) is 18.0 Å². The zero-order valence-electron chi connectivity index (χ0n) is 79.7. The van der Waals surface area contributed by atoms with E-state index in [9.17, 15) is 63.3 Å². The standard InChI is InChI=1S/C29H39N3O6.2C20H25N3O5.C10H9ClN2.C10H17NO5.C8H15NO2/c1-7-14-31-22-13-11-10-12-21(22)30-26(31)37-20-15-23(32(18-20)27(35)38-28(4,5)6)24(33)17-29(16-19(29)8-2)25(34)36-9-3;2*1-5-10-22-15-9-7-6-8-14(15)21-18(22)27-13-11-16(17(24)25)23(12-13)19(26)28-20(2,3)4;1-2-7-13-9-6-4-3-5-8(9)12-10(13)11;1-10(2,3)16-9(15)11-5-6(12)4-7(11)8(13)14;1-3-6-5-8(6,9)7(10)11-4-2/h7,10-13,19-20,23H,1,8-9,14-18H2,2-6H3;5-10,13,16H,11-12H2,1-4H3,(H,24,25);5-9,13,16H,1,10-12H2,2-4H3,(H,24,25);2-6H,1,7H2;6-7,12H,4-5H2,1-3H3,(H,13,14);6H,3-5,9H2,1-2H3/p+1/b;10-5+;;;;/t19-,20-,23+,29-;2*13-,16+;;6-,7+;6-,8-/m111.11/s1. The van der Waals surface area contributed by atoms with E-state index in [1.165, 1.54) is 14.7 Å². The molecule has 6 fully saturated rings. The largest absolute Gasteiger partial charge is 0.480 e. The third kappa shape index (κ3) is 27.1. The number of rotatable bonds is 25. The number of aromatic nitrogens is 8. The average molecular weight is 1880 g/mol. The van der Waals surface area contributed by atoms with Crippen LogP contribution < -0.4 is 19.9 Å². The van der Waals surface area contributed by atoms with Gasteiger partial charge >= 0.3 is 60.2 Å². The van der Waals surface area contributed by atoms with Gasteiger partial charge in [0.05, 0.1) is 101 Å². The number of likely N-dealkylation sites (tertiary alicyclic amines) is 4. The summed E-state index contributed by atoms with van der Waals surface area (Å²) in [6, 6.07) is 28.2. The second-order valence-electron chi connectivity index (χ2n) is 37.5. The van der Waals surface area contributed by atoms with Crippen LogP contribution in [0.4, 0.5) is 19.2 Å². The van der Waals surface area contributed by atoms with Crippen LogP contribution in [0, 0.1) is 17.3 Å². The van der Waals surface area contributed by atoms with Gasteiger partial charge in [-0.3, -0.25) is 42.9 Å². The van der Waals surface area contributed by atoms with Gasteiger partial charge in [0.2, 0.25) is 5.28 Å². The molecule has 0 bridgehead atoms. The SMILES string of the molecule is C/C=C/n1c(O[C@@H]2C[C@@H](C(=O)O)N(C(=O)OC(C)(C)C)C2)nc2ccccc21.C=CCn1c(Cl)nc2ccccc21.C=CCn1c(O[C@@H]2C[C@@H](C(=O)C[C@]3(C(=O)OCC)C[C@H]3CC)N(C(=O)OC(C)(C)C)C2)nc2ccccc21.C=CCn1c(O[C@@H]2C[C@@H](C(=O)O)N(C(=O)OC(C)(C)C)C2)nc2ccccc21.CC(C)(C)OC(=O)N1C[C@H](O)C[C@H]1C(=O)O.CCOC(=O)[C@@]1([NH3+])C[C@H]1CC. The fourth-order valence-electron chi connectivity index (χ4n) is 16.3. The van der Waals surface area contributed by atoms with E-state index >= 15 is 0 Å². The van der Waals surface area contributed by atoms with Crippen LogP contribution in [0.5, 0.6) is 18.0 Å². The third-order valence-electron chi connectivity index (χ3n) is 22.6. The van der Waals surface area contributed by atoms with E-state index in [1.807, 2.05) is 144 Å². The van der Waals surface area contributed by atoms with Gasteiger partial charge in [0, 0.05) is 70.3 Å². The van der Waals surface area contributed by atoms with Crippen LogP contribution in [-0.4, -0.2) is 254 Å². The number of para-hydroxylation sites is 8. The molecule has 2 aliphatic carbocycles. The number of carboxylic acids is 3. The van der Waals surface area contributed by atoms with E-state index in [4.69, 9.17) is 59.3 Å². The number of benzene rings is 4. The molecular weight excluding hydrogens is 1750 g/mol. The molecule has 0 radical (unpaired) electrons. The Morgan fingerprint density at radius 1 is 0.455 bits per heavy atom. The number of carboxylic acid groups (broad SMARTS) is 3. The molecule has 36 nitrogen and oxygen atoms in total. The van der Waals surface area contributed by atoms with Gasteiger partial charge in [0.15, 0.2) is 11.3 Å². The van der Waals surface area contributed by atoms with Crippen molar-refractivity contribution in [2.45, 2.75) is 272 Å². The first-order chi connectivity index (χ1) is 63.1. The number of nitrogens with zero attached hydrogens (tertiary/aromatic N) is 12. The first-order valence-electron chi connectivity index (χ1n) is 45.1. The maximum atomic E-state index is 13.7. The Labute approximate surface area is 785 Å². The van der Waals surface area contributed by atoms with E-state index in [-0.39, 0.29) is 94.1 Å². The Morgan fingerprint density at radius 3 is 1.16 bits per heavy atom. The lowest BCUT2D eigenvalue weighted by atomic mass is 9.91. The number of aliphatic hydroxyl groups is 1. The number of carbonyl (C=O) groups is 10. The van der Waals surface area contributed by atoms with Crippen molar-refractivity contribution < 1.29 is 117 Å². The minimum Gasteiger partial charge on any atom is -0.480 e. The molecule has 728 valence electrons. The number of ether oxygens (including phenoxy) is 9. The van der Waals surface area contributed by atoms with Gasteiger partial charge in [-0.2, -0.15) is 15.0 Å². The van der Waals surface area contributed by atoms with Gasteiger partial charge in [0.25, 0.3) is 12.0 Å². The molecule has 4 aliphatic heterocycles. The summed E-state index contributed by atoms with van der Waals surface area (Å²) < 4.78 is 57.5. The number of amides is 4. The highest BCUT2D eigenvalue weighted by Gasteiger charge is 2.63. The second-order valence-corrected chi connectivity index (χ2v) is 37.8. The quantitative estimate of drug-likeness (QED) is 0.0201. The van der Waals surface area contributed by atoms with Crippen LogP contribution in [0.2, 0.25) is 5.28 Å². The molecule has 4 aromatic heterocycles. The molecule has 4 aromatic carbocycles. The molecule has 8 aromatic rings. The number of quaternary nitrogens is 1. The number of aliphatic carboxylic acids is 3. The molecule has 37 heteroatoms. The first-order valence-corrected chi connectivity index (χ1v) is 45.5. The van der Waals surface area contributed by atoms with Crippen LogP contribution in [0.15, 0.2) is 141 Å². The van der Waals surface area contributed by atoms with Crippen LogP contribution in [0.1, 0.15) is 175 Å². The van der Waals surface area contributed by atoms with Crippen molar-refractivity contribution in [3.63, 3.8) is 0 Å². The maximum Gasteiger partial charge on any atom is 0.411 e. The smallest absolute Gasteiger partial charge is 0.411 e. The Balaban J connectivity index is 0.000000189. The number of fused-ring (bicyclic) bond motifs is 4. The number of esters is 2. The number of hydrogen-bond acceptors (Lipinski definition) is 24. The molecule has 0 unspecified atom stereocenters. The van der Waals surface area contributed by atoms with Crippen molar-refractivity contribution in [2.24, 2.45) is 17.3 Å². The van der Waals surface area contributed by atoms with E-state index in [1.54, 1.807) is 113 Å². The summed E-state index contributed by atoms with van der Waals surface area (Å²) in [4.78, 5) is 144. The molecule has 4 saturated heterocycles. The van der Waals surface area contributed by atoms with Gasteiger partial charge in [0.1, 0.15) is 58.8 Å². The summed E-state index contributed by atoms with van der Waals surface area (Å²) in [5.41, 5.74) is 6.86. The number of ketones is 1. The van der Waals surface area contributed by atoms with Gasteiger partial charge < -0.3 is 73.4 Å². The fourth-order valence-corrected chi connectivity index (χ4v) is 16.5. The predicted molar refractivity (Wildman–Crippen MR) is 501 cm³/mol. The zero-order valence-corrected chi connectivity index (χ0v) is 80.5. The molecule has 0 spiro atoms. The van der Waals surface area contributed by atoms with E-state index in [2.05, 4.69) is 52.3 Å². The highest BCUT2D eigenvalue weighted by atomic mass is 35.5. The van der Waals surface area contributed by atoms with Crippen LogP contribution in [0.25, 0.3) is 50.3 Å². The molecule has 6 aliphatic rings. The Kier molecular flexibility index (Phi) is 35.3. The van der Waals surface area contributed by atoms with Crippen molar-refractivity contribution in [2.75, 3.05) is 39.4 Å². The Bertz CT molecular complexity index is 5560. The van der Waals surface area contributed by atoms with Crippen LogP contribution >= 0.6 is 11.6 Å². The number of hydrogen-bond donors (Lipinski definition) is 5. The van der Waals surface area contributed by atoms with Crippen molar-refractivity contribution in [1.82, 2.24) is 57.8 Å². The number of aliphatic hydroxyl groups excluding tert-OH is 1. The number of allylic oxidation sites excluding steroid dienone is 4. The van der Waals surface area contributed by atoms with Gasteiger partial charge in [-0.25, -0.2) is 43.3 Å². The number of carbonyl (C=O) groups excluding carboxylic acids is 7. The summed E-state index contributed by atoms with van der Waals surface area (Å²) in [7, 11) is 0. The van der Waals surface area contributed by atoms with Gasteiger partial charge in [-0.1, -0.05) is 93.1 Å². The van der Waals surface area contributed by atoms with Crippen LogP contribution in [0.3, 0.4) is 0 Å². The molecule has 4 amide bonds. The zero-order chi connectivity index (χ0) is 98.9. The third-order valence-corrected chi connectivity index (χ3v) is 22.9. The Hall–Kier alpha value is -12.6. The Morgan fingerprint density at radius 2 is 0.791 bits per heavy atom. The minimum absolute atomic E-state index is 0.00583. The first kappa shape index (κ1) is 105. The lowest BCUT2D eigenvalue weighted by Crippen LogP contribution is -2.69. The number of halogens is 1. The van der Waals surface area contributed by atoms with E-state index in [0.717, 1.165) is 68.3 Å². The van der Waals surface area contributed by atoms with Crippen molar-refractivity contribution in [3.05, 3.63) is 146 Å². The lowest BCUT2D eigenvalue weighted by Gasteiger charge is -2.28. The molecule has 12 atom stereocenters. The summed E-state index contributed by atoms with van der Waals surface area (Å²) in [5, 5.41) is 37.8. The lowest BCUT2D eigenvalue weighted by molar-refractivity contribution is -0.430. The minimum atomic E-state index is -1.12. The van der Waals surface area contributed by atoms with Crippen molar-refractivity contribution in [1.29, 1.82) is 0 Å². The topological polar surface area (TPSA) is 447 Å². The summed E-state index contributed by atoms with van der Waals surface area (Å²) in [5.74, 6) is -3.35. The number of Topliss-reactive ketones (excluding diaryl/α,β-unsaturated/α-hetero) is 1. The predicted octanol–water partition coefficient (Wildman–Crippen LogP) is 14.6. The fraction of sp³-hybridized carbons (Fsp3) is 0.526. The summed E-state index contributed by atoms with van der Waals surface area (Å²) >= 11 is 5.95. The highest BCUT2D eigenvalue weighted by molar-refractivity contribution is 6.29. The summed E-state index contributed by atoms with van der Waals surface area (Å²) in [6.45, 7) is 44.6. The normalized spacial score (nSPS) is 22.3. The van der Waals surface area contributed by atoms with Gasteiger partial charge in [-0.15, -0.1) is 19.7 Å². The highest BCUT2D eigenvalue weighted by Crippen LogP contribution is 2.58.